The van der Waals surface area contributed by atoms with Gasteiger partial charge in [-0.2, -0.15) is 4.98 Å². The summed E-state index contributed by atoms with van der Waals surface area (Å²) in [7, 11) is 0. The number of ether oxygens (including phenoxy) is 2. The van der Waals surface area contributed by atoms with Gasteiger partial charge in [-0.25, -0.2) is 14.2 Å². The lowest BCUT2D eigenvalue weighted by Gasteiger charge is -2.38. The Kier molecular flexibility index (Phi) is 5.53. The van der Waals surface area contributed by atoms with Crippen molar-refractivity contribution in [1.82, 2.24) is 20.0 Å². The predicted octanol–water partition coefficient (Wildman–Crippen LogP) is 4.06. The first kappa shape index (κ1) is 22.9. The molecule has 2 aliphatic rings. The van der Waals surface area contributed by atoms with E-state index in [0.29, 0.717) is 29.9 Å². The van der Waals surface area contributed by atoms with E-state index >= 15 is 0 Å². The number of pyridine rings is 1. The second-order valence-corrected chi connectivity index (χ2v) is 9.36. The normalized spacial score (nSPS) is 20.9. The van der Waals surface area contributed by atoms with Crippen molar-refractivity contribution in [3.05, 3.63) is 58.9 Å². The van der Waals surface area contributed by atoms with Gasteiger partial charge in [0.15, 0.2) is 0 Å². The summed E-state index contributed by atoms with van der Waals surface area (Å²) >= 11 is 0. The van der Waals surface area contributed by atoms with Crippen LogP contribution in [0.1, 0.15) is 65.8 Å². The maximum absolute atomic E-state index is 15.0. The number of esters is 1. The topological polar surface area (TPSA) is 108 Å². The smallest absolute Gasteiger partial charge is 0.344 e. The number of carbonyl (C=O) groups excluding carboxylic acids is 2. The SMILES string of the molecule is Cc1nc(-c2cccc(F)c2C(=O)N2C[C@H](Oc3nccc4c3C(=O)OC4(C)C)CC[C@H]2C)no1. The van der Waals surface area contributed by atoms with Crippen molar-refractivity contribution < 1.29 is 28.0 Å². The lowest BCUT2D eigenvalue weighted by Crippen LogP contribution is -2.49. The van der Waals surface area contributed by atoms with E-state index in [4.69, 9.17) is 14.0 Å². The standard InChI is InChI=1S/C25H25FN4O5/c1-13-8-9-15(33-22-20-17(10-11-27-22)25(3,4)34-24(20)32)12-30(13)23(31)19-16(6-5-7-18(19)26)21-28-14(2)35-29-21/h5-7,10-11,13,15H,8-9,12H2,1-4H3/t13-,15-/m1/s1. The van der Waals surface area contributed by atoms with Gasteiger partial charge in [-0.1, -0.05) is 17.3 Å². The van der Waals surface area contributed by atoms with Crippen LogP contribution < -0.4 is 4.74 Å². The summed E-state index contributed by atoms with van der Waals surface area (Å²) in [6, 6.07) is 5.91. The molecule has 0 saturated carbocycles. The van der Waals surface area contributed by atoms with Gasteiger partial charge >= 0.3 is 5.97 Å². The minimum absolute atomic E-state index is 0.121. The molecule has 10 heteroatoms. The summed E-state index contributed by atoms with van der Waals surface area (Å²) in [4.78, 5) is 36.1. The van der Waals surface area contributed by atoms with E-state index in [9.17, 15) is 14.0 Å². The third-order valence-electron chi connectivity index (χ3n) is 6.49. The number of benzene rings is 1. The highest BCUT2D eigenvalue weighted by Crippen LogP contribution is 2.40. The fraction of sp³-hybridized carbons (Fsp3) is 0.400. The molecule has 9 nitrogen and oxygen atoms in total. The van der Waals surface area contributed by atoms with Crippen molar-refractivity contribution in [1.29, 1.82) is 0 Å². The number of hydrogen-bond donors (Lipinski definition) is 0. The van der Waals surface area contributed by atoms with Gasteiger partial charge in [-0.05, 0) is 45.7 Å². The summed E-state index contributed by atoms with van der Waals surface area (Å²) in [5.74, 6) is -1.01. The Bertz CT molecular complexity index is 1320. The average Bonchev–Trinajstić information content (AvgIpc) is 3.35. The molecule has 1 fully saturated rings. The van der Waals surface area contributed by atoms with E-state index in [0.717, 1.165) is 0 Å². The lowest BCUT2D eigenvalue weighted by molar-refractivity contribution is 0.00904. The summed E-state index contributed by atoms with van der Waals surface area (Å²) in [5.41, 5.74) is 0.374. The number of piperidine rings is 1. The average molecular weight is 480 g/mol. The highest BCUT2D eigenvalue weighted by molar-refractivity contribution is 6.00. The van der Waals surface area contributed by atoms with Crippen molar-refractivity contribution in [2.45, 2.75) is 58.3 Å². The Morgan fingerprint density at radius 2 is 2.06 bits per heavy atom. The van der Waals surface area contributed by atoms with Crippen LogP contribution in [0.5, 0.6) is 5.88 Å². The highest BCUT2D eigenvalue weighted by atomic mass is 19.1. The fourth-order valence-electron chi connectivity index (χ4n) is 4.66. The Labute approximate surface area is 201 Å². The number of aromatic nitrogens is 3. The van der Waals surface area contributed by atoms with Crippen molar-refractivity contribution in [2.75, 3.05) is 6.54 Å². The number of halogens is 1. The van der Waals surface area contributed by atoms with Crippen molar-refractivity contribution in [2.24, 2.45) is 0 Å². The van der Waals surface area contributed by atoms with Crippen LogP contribution >= 0.6 is 0 Å². The van der Waals surface area contributed by atoms with E-state index in [-0.39, 0.29) is 35.4 Å². The van der Waals surface area contributed by atoms with Gasteiger partial charge in [0.2, 0.25) is 17.6 Å². The zero-order valence-electron chi connectivity index (χ0n) is 19.9. The van der Waals surface area contributed by atoms with Crippen molar-refractivity contribution in [3.63, 3.8) is 0 Å². The molecular weight excluding hydrogens is 455 g/mol. The zero-order valence-corrected chi connectivity index (χ0v) is 19.9. The van der Waals surface area contributed by atoms with E-state index in [1.807, 2.05) is 6.92 Å². The molecule has 0 spiro atoms. The van der Waals surface area contributed by atoms with Crippen LogP contribution in [0, 0.1) is 12.7 Å². The minimum atomic E-state index is -0.773. The van der Waals surface area contributed by atoms with Gasteiger partial charge in [-0.15, -0.1) is 0 Å². The monoisotopic (exact) mass is 480 g/mol. The molecule has 0 unspecified atom stereocenters. The summed E-state index contributed by atoms with van der Waals surface area (Å²) < 4.78 is 31.6. The first-order valence-electron chi connectivity index (χ1n) is 11.5. The molecule has 2 atom stereocenters. The number of amides is 1. The molecule has 3 aromatic rings. The van der Waals surface area contributed by atoms with Crippen molar-refractivity contribution in [3.8, 4) is 17.3 Å². The van der Waals surface area contributed by atoms with E-state index in [1.54, 1.807) is 44.0 Å². The number of nitrogens with zero attached hydrogens (tertiary/aromatic N) is 4. The summed E-state index contributed by atoms with van der Waals surface area (Å²) in [6.45, 7) is 7.34. The molecule has 1 saturated heterocycles. The number of aryl methyl sites for hydroxylation is 1. The third kappa shape index (κ3) is 4.02. The molecule has 2 aliphatic heterocycles. The number of rotatable bonds is 4. The van der Waals surface area contributed by atoms with Crippen LogP contribution in [0.15, 0.2) is 35.0 Å². The second kappa shape index (κ2) is 8.44. The first-order valence-corrected chi connectivity index (χ1v) is 11.5. The van der Waals surface area contributed by atoms with Crippen LogP contribution in [-0.4, -0.2) is 50.6 Å². The minimum Gasteiger partial charge on any atom is -0.472 e. The molecule has 0 bridgehead atoms. The molecule has 2 aromatic heterocycles. The van der Waals surface area contributed by atoms with Gasteiger partial charge in [0.1, 0.15) is 23.1 Å². The molecule has 0 radical (unpaired) electrons. The Morgan fingerprint density at radius 3 is 2.80 bits per heavy atom. The van der Waals surface area contributed by atoms with Gasteiger partial charge in [0, 0.05) is 30.3 Å². The van der Waals surface area contributed by atoms with Crippen LogP contribution in [0.25, 0.3) is 11.4 Å². The molecule has 1 amide bonds. The first-order chi connectivity index (χ1) is 16.7. The second-order valence-electron chi connectivity index (χ2n) is 9.36. The largest absolute Gasteiger partial charge is 0.472 e. The number of hydrogen-bond acceptors (Lipinski definition) is 8. The quantitative estimate of drug-likeness (QED) is 0.515. The van der Waals surface area contributed by atoms with Gasteiger partial charge < -0.3 is 18.9 Å². The highest BCUT2D eigenvalue weighted by Gasteiger charge is 2.42. The van der Waals surface area contributed by atoms with Crippen LogP contribution in [-0.2, 0) is 10.3 Å². The Hall–Kier alpha value is -3.82. The number of likely N-dealkylation sites (tertiary alicyclic amines) is 1. The maximum Gasteiger partial charge on any atom is 0.344 e. The van der Waals surface area contributed by atoms with Gasteiger partial charge in [-0.3, -0.25) is 4.79 Å². The van der Waals surface area contributed by atoms with Crippen LogP contribution in [0.2, 0.25) is 0 Å². The molecule has 4 heterocycles. The van der Waals surface area contributed by atoms with Gasteiger partial charge in [0.25, 0.3) is 5.91 Å². The predicted molar refractivity (Wildman–Crippen MR) is 121 cm³/mol. The molecular formula is C25H25FN4O5. The van der Waals surface area contributed by atoms with E-state index in [2.05, 4.69) is 15.1 Å². The molecule has 1 aromatic carbocycles. The van der Waals surface area contributed by atoms with E-state index < -0.39 is 29.4 Å². The Morgan fingerprint density at radius 1 is 1.26 bits per heavy atom. The van der Waals surface area contributed by atoms with Crippen LogP contribution in [0.4, 0.5) is 4.39 Å². The summed E-state index contributed by atoms with van der Waals surface area (Å²) in [6.07, 6.45) is 2.41. The molecule has 182 valence electrons. The molecule has 5 rings (SSSR count). The molecule has 35 heavy (non-hydrogen) atoms. The fourth-order valence-corrected chi connectivity index (χ4v) is 4.66. The Balaban J connectivity index is 1.43. The lowest BCUT2D eigenvalue weighted by atomic mass is 9.97. The zero-order chi connectivity index (χ0) is 24.9. The van der Waals surface area contributed by atoms with Crippen molar-refractivity contribution >= 4 is 11.9 Å². The van der Waals surface area contributed by atoms with E-state index in [1.165, 1.54) is 12.1 Å². The maximum atomic E-state index is 15.0. The third-order valence-corrected chi connectivity index (χ3v) is 6.49. The number of carbonyl (C=O) groups is 2. The summed E-state index contributed by atoms with van der Waals surface area (Å²) in [5, 5.41) is 3.86. The number of cyclic esters (lactones) is 1. The molecule has 0 aliphatic carbocycles. The molecule has 0 N–H and O–H groups in total. The van der Waals surface area contributed by atoms with Gasteiger partial charge in [0.05, 0.1) is 12.1 Å². The number of fused-ring (bicyclic) bond motifs is 1. The van der Waals surface area contributed by atoms with Crippen LogP contribution in [0.3, 0.4) is 0 Å².